The maximum Gasteiger partial charge on any atom is 0.195 e. The van der Waals surface area contributed by atoms with Crippen LogP contribution in [0.2, 0.25) is 0 Å². The lowest BCUT2D eigenvalue weighted by molar-refractivity contribution is 0.103. The predicted octanol–water partition coefficient (Wildman–Crippen LogP) is 4.82. The largest absolute Gasteiger partial charge is 0.357 e. The number of benzene rings is 2. The molecule has 0 unspecified atom stereocenters. The van der Waals surface area contributed by atoms with E-state index in [-0.39, 0.29) is 11.2 Å². The summed E-state index contributed by atoms with van der Waals surface area (Å²) < 4.78 is 1.17. The molecule has 118 valence electrons. The molecule has 1 N–H and O–H groups in total. The fourth-order valence-corrected chi connectivity index (χ4v) is 4.09. The second-order valence-corrected chi connectivity index (χ2v) is 8.01. The molecule has 24 heavy (non-hydrogen) atoms. The Bertz CT molecular complexity index is 1080. The number of nitriles is 1. The summed E-state index contributed by atoms with van der Waals surface area (Å²) in [5, 5.41) is 10.0. The van der Waals surface area contributed by atoms with Crippen molar-refractivity contribution in [2.75, 3.05) is 0 Å². The molecule has 2 aromatic carbocycles. The van der Waals surface area contributed by atoms with Gasteiger partial charge in [0.05, 0.1) is 17.2 Å². The van der Waals surface area contributed by atoms with Crippen molar-refractivity contribution in [2.45, 2.75) is 26.2 Å². The average Bonchev–Trinajstić information content (AvgIpc) is 2.94. The molecule has 4 heteroatoms. The molecular formula is C20H15IN2O. The number of carbonyl (C=O) groups excluding carboxylic acids is 1. The normalized spacial score (nSPS) is 15.0. The summed E-state index contributed by atoms with van der Waals surface area (Å²) in [6.45, 7) is 6.32. The number of ketones is 1. The number of aromatic nitrogens is 1. The summed E-state index contributed by atoms with van der Waals surface area (Å²) in [7, 11) is 0. The van der Waals surface area contributed by atoms with Gasteiger partial charge in [-0.15, -0.1) is 0 Å². The Morgan fingerprint density at radius 3 is 2.67 bits per heavy atom. The number of fused-ring (bicyclic) bond motifs is 4. The lowest BCUT2D eigenvalue weighted by Crippen LogP contribution is -2.30. The zero-order valence-electron chi connectivity index (χ0n) is 13.6. The zero-order valence-corrected chi connectivity index (χ0v) is 15.8. The summed E-state index contributed by atoms with van der Waals surface area (Å²) in [6.07, 6.45) is 0. The van der Waals surface area contributed by atoms with E-state index >= 15 is 0 Å². The molecule has 0 spiro atoms. The third kappa shape index (κ3) is 1.91. The maximum atomic E-state index is 13.2. The van der Waals surface area contributed by atoms with E-state index in [0.29, 0.717) is 5.56 Å². The molecule has 0 saturated heterocycles. The summed E-state index contributed by atoms with van der Waals surface area (Å²) in [5.74, 6) is 0.0646. The van der Waals surface area contributed by atoms with Crippen molar-refractivity contribution in [3.05, 3.63) is 67.4 Å². The summed E-state index contributed by atoms with van der Waals surface area (Å²) >= 11 is 2.32. The van der Waals surface area contributed by atoms with E-state index in [1.807, 2.05) is 25.1 Å². The highest BCUT2D eigenvalue weighted by molar-refractivity contribution is 14.1. The number of rotatable bonds is 0. The Balaban J connectivity index is 2.10. The Hall–Kier alpha value is -2.13. The highest BCUT2D eigenvalue weighted by Gasteiger charge is 2.39. The van der Waals surface area contributed by atoms with Gasteiger partial charge in [0.25, 0.3) is 0 Å². The Morgan fingerprint density at radius 2 is 1.96 bits per heavy atom. The van der Waals surface area contributed by atoms with E-state index in [2.05, 4.69) is 53.6 Å². The SMILES string of the molecule is Cc1cc2c(cc1I)C(C)(C)c1[nH]c3cc(C#N)ccc3c1C2=O. The number of hydrogen-bond acceptors (Lipinski definition) is 2. The molecule has 0 bridgehead atoms. The quantitative estimate of drug-likeness (QED) is 0.524. The van der Waals surface area contributed by atoms with Crippen LogP contribution in [0.15, 0.2) is 30.3 Å². The van der Waals surface area contributed by atoms with Crippen LogP contribution in [0.1, 0.15) is 52.2 Å². The minimum Gasteiger partial charge on any atom is -0.357 e. The molecule has 0 aliphatic heterocycles. The van der Waals surface area contributed by atoms with Gasteiger partial charge in [-0.2, -0.15) is 5.26 Å². The van der Waals surface area contributed by atoms with Gasteiger partial charge in [0.1, 0.15) is 0 Å². The molecule has 0 fully saturated rings. The number of hydrogen-bond donors (Lipinski definition) is 1. The minimum absolute atomic E-state index is 0.0646. The van der Waals surface area contributed by atoms with Crippen LogP contribution in [-0.2, 0) is 5.41 Å². The van der Waals surface area contributed by atoms with E-state index < -0.39 is 0 Å². The van der Waals surface area contributed by atoms with Gasteiger partial charge < -0.3 is 4.98 Å². The molecule has 4 rings (SSSR count). The van der Waals surface area contributed by atoms with E-state index in [9.17, 15) is 4.79 Å². The fourth-order valence-electron chi connectivity index (χ4n) is 3.63. The predicted molar refractivity (Wildman–Crippen MR) is 102 cm³/mol. The molecule has 0 amide bonds. The minimum atomic E-state index is -0.294. The molecule has 3 nitrogen and oxygen atoms in total. The van der Waals surface area contributed by atoms with Crippen LogP contribution < -0.4 is 0 Å². The van der Waals surface area contributed by atoms with Gasteiger partial charge in [-0.25, -0.2) is 0 Å². The summed E-state index contributed by atoms with van der Waals surface area (Å²) in [5.41, 5.74) is 5.79. The van der Waals surface area contributed by atoms with Crippen molar-refractivity contribution >= 4 is 39.3 Å². The Morgan fingerprint density at radius 1 is 1.21 bits per heavy atom. The zero-order chi connectivity index (χ0) is 17.2. The Kier molecular flexibility index (Phi) is 3.17. The van der Waals surface area contributed by atoms with Crippen LogP contribution in [0.3, 0.4) is 0 Å². The van der Waals surface area contributed by atoms with Crippen LogP contribution in [0, 0.1) is 21.8 Å². The van der Waals surface area contributed by atoms with Gasteiger partial charge in [-0.1, -0.05) is 19.9 Å². The molecule has 0 atom stereocenters. The highest BCUT2D eigenvalue weighted by Crippen LogP contribution is 2.44. The van der Waals surface area contributed by atoms with Gasteiger partial charge in [-0.3, -0.25) is 4.79 Å². The second-order valence-electron chi connectivity index (χ2n) is 6.85. The first-order valence-electron chi connectivity index (χ1n) is 7.76. The highest BCUT2D eigenvalue weighted by atomic mass is 127. The van der Waals surface area contributed by atoms with Crippen LogP contribution in [-0.4, -0.2) is 10.8 Å². The van der Waals surface area contributed by atoms with Crippen molar-refractivity contribution in [3.8, 4) is 6.07 Å². The molecule has 0 saturated carbocycles. The molecule has 1 aliphatic carbocycles. The number of carbonyl (C=O) groups is 1. The van der Waals surface area contributed by atoms with Gasteiger partial charge in [-0.05, 0) is 64.9 Å². The van der Waals surface area contributed by atoms with Gasteiger partial charge in [0.15, 0.2) is 5.78 Å². The van der Waals surface area contributed by atoms with Crippen LogP contribution in [0.4, 0.5) is 0 Å². The van der Waals surface area contributed by atoms with Crippen LogP contribution in [0.25, 0.3) is 10.9 Å². The summed E-state index contributed by atoms with van der Waals surface area (Å²) in [6, 6.07) is 11.7. The number of nitrogens with one attached hydrogen (secondary N) is 1. The first-order valence-corrected chi connectivity index (χ1v) is 8.84. The molecule has 3 aromatic rings. The number of halogens is 1. The topological polar surface area (TPSA) is 56.6 Å². The van der Waals surface area contributed by atoms with E-state index in [1.54, 1.807) is 6.07 Å². The number of aryl methyl sites for hydroxylation is 1. The number of H-pyrrole nitrogens is 1. The monoisotopic (exact) mass is 426 g/mol. The number of aromatic amines is 1. The van der Waals surface area contributed by atoms with Gasteiger partial charge in [0, 0.05) is 31.1 Å². The van der Waals surface area contributed by atoms with Gasteiger partial charge >= 0.3 is 0 Å². The standard InChI is InChI=1S/C20H15IN2O/c1-10-6-13-14(8-15(10)21)20(2,3)19-17(18(13)24)12-5-4-11(9-22)7-16(12)23-19/h4-8,23H,1-3H3. The molecule has 0 radical (unpaired) electrons. The first-order chi connectivity index (χ1) is 11.3. The first kappa shape index (κ1) is 15.4. The lowest BCUT2D eigenvalue weighted by atomic mass is 9.71. The van der Waals surface area contributed by atoms with Crippen LogP contribution >= 0.6 is 22.6 Å². The lowest BCUT2D eigenvalue weighted by Gasteiger charge is -2.32. The smallest absolute Gasteiger partial charge is 0.195 e. The van der Waals surface area contributed by atoms with Crippen molar-refractivity contribution in [3.63, 3.8) is 0 Å². The fraction of sp³-hybridized carbons (Fsp3) is 0.200. The summed E-state index contributed by atoms with van der Waals surface area (Å²) in [4.78, 5) is 16.6. The molecule has 1 aromatic heterocycles. The molecule has 1 heterocycles. The van der Waals surface area contributed by atoms with E-state index in [4.69, 9.17) is 5.26 Å². The van der Waals surface area contributed by atoms with E-state index in [1.165, 1.54) is 3.57 Å². The van der Waals surface area contributed by atoms with Crippen molar-refractivity contribution in [1.82, 2.24) is 4.98 Å². The van der Waals surface area contributed by atoms with Crippen molar-refractivity contribution in [2.24, 2.45) is 0 Å². The average molecular weight is 426 g/mol. The third-order valence-electron chi connectivity index (χ3n) is 5.00. The third-order valence-corrected chi connectivity index (χ3v) is 6.16. The maximum absolute atomic E-state index is 13.2. The van der Waals surface area contributed by atoms with Gasteiger partial charge in [0.2, 0.25) is 0 Å². The van der Waals surface area contributed by atoms with Crippen molar-refractivity contribution < 1.29 is 4.79 Å². The second kappa shape index (κ2) is 4.93. The van der Waals surface area contributed by atoms with E-state index in [0.717, 1.165) is 38.9 Å². The number of nitrogens with zero attached hydrogens (tertiary/aromatic N) is 1. The van der Waals surface area contributed by atoms with Crippen molar-refractivity contribution in [1.29, 1.82) is 5.26 Å². The molecule has 1 aliphatic rings. The molecular weight excluding hydrogens is 411 g/mol. The van der Waals surface area contributed by atoms with Crippen LogP contribution in [0.5, 0.6) is 0 Å². The Labute approximate surface area is 153 Å².